The SMILES string of the molecule is CC(O)CCC(=O)[C@H](O)[C@@H](O)CO. The van der Waals surface area contributed by atoms with E-state index in [1.165, 1.54) is 6.92 Å². The number of carbonyl (C=O) groups excluding carboxylic acids is 1. The Morgan fingerprint density at radius 2 is 1.85 bits per heavy atom. The van der Waals surface area contributed by atoms with Crippen molar-refractivity contribution in [2.45, 2.75) is 38.1 Å². The number of ketones is 1. The molecule has 0 amide bonds. The second kappa shape index (κ2) is 6.04. The van der Waals surface area contributed by atoms with E-state index in [-0.39, 0.29) is 12.8 Å². The molecular weight excluding hydrogens is 176 g/mol. The van der Waals surface area contributed by atoms with Crippen molar-refractivity contribution in [2.24, 2.45) is 0 Å². The molecule has 0 saturated heterocycles. The first-order valence-electron chi connectivity index (χ1n) is 4.16. The van der Waals surface area contributed by atoms with Crippen LogP contribution < -0.4 is 0 Å². The third kappa shape index (κ3) is 4.94. The molecule has 3 atom stereocenters. The van der Waals surface area contributed by atoms with Crippen LogP contribution in [-0.2, 0) is 4.79 Å². The van der Waals surface area contributed by atoms with Crippen LogP contribution in [0.25, 0.3) is 0 Å². The Kier molecular flexibility index (Phi) is 5.81. The molecule has 13 heavy (non-hydrogen) atoms. The van der Waals surface area contributed by atoms with Crippen molar-refractivity contribution < 1.29 is 25.2 Å². The van der Waals surface area contributed by atoms with E-state index in [2.05, 4.69) is 0 Å². The van der Waals surface area contributed by atoms with Crippen LogP contribution in [0, 0.1) is 0 Å². The third-order valence-electron chi connectivity index (χ3n) is 1.69. The van der Waals surface area contributed by atoms with Crippen LogP contribution in [0.4, 0.5) is 0 Å². The zero-order valence-corrected chi connectivity index (χ0v) is 7.55. The lowest BCUT2D eigenvalue weighted by Crippen LogP contribution is -2.36. The monoisotopic (exact) mass is 192 g/mol. The smallest absolute Gasteiger partial charge is 0.164 e. The minimum absolute atomic E-state index is 0.00407. The Hall–Kier alpha value is -0.490. The second-order valence-corrected chi connectivity index (χ2v) is 3.05. The van der Waals surface area contributed by atoms with Gasteiger partial charge in [-0.15, -0.1) is 0 Å². The molecule has 0 spiro atoms. The van der Waals surface area contributed by atoms with Crippen molar-refractivity contribution in [3.8, 4) is 0 Å². The fraction of sp³-hybridized carbons (Fsp3) is 0.875. The molecule has 0 saturated carbocycles. The summed E-state index contributed by atoms with van der Waals surface area (Å²) in [5.41, 5.74) is 0. The van der Waals surface area contributed by atoms with Crippen molar-refractivity contribution >= 4 is 5.78 Å². The van der Waals surface area contributed by atoms with E-state index in [0.717, 1.165) is 0 Å². The highest BCUT2D eigenvalue weighted by atomic mass is 16.4. The lowest BCUT2D eigenvalue weighted by molar-refractivity contribution is -0.135. The molecule has 4 N–H and O–H groups in total. The van der Waals surface area contributed by atoms with Crippen molar-refractivity contribution in [3.63, 3.8) is 0 Å². The third-order valence-corrected chi connectivity index (χ3v) is 1.69. The number of rotatable bonds is 6. The molecule has 0 aliphatic carbocycles. The summed E-state index contributed by atoms with van der Waals surface area (Å²) in [6.07, 6.45) is -3.35. The van der Waals surface area contributed by atoms with Crippen molar-refractivity contribution in [3.05, 3.63) is 0 Å². The van der Waals surface area contributed by atoms with Gasteiger partial charge in [-0.3, -0.25) is 4.79 Å². The van der Waals surface area contributed by atoms with Crippen molar-refractivity contribution in [2.75, 3.05) is 6.61 Å². The maximum Gasteiger partial charge on any atom is 0.164 e. The predicted molar refractivity (Wildman–Crippen MR) is 45.0 cm³/mol. The fourth-order valence-corrected chi connectivity index (χ4v) is 0.813. The number of aliphatic hydroxyl groups excluding tert-OH is 4. The van der Waals surface area contributed by atoms with Gasteiger partial charge in [-0.1, -0.05) is 0 Å². The number of aliphatic hydroxyl groups is 4. The largest absolute Gasteiger partial charge is 0.394 e. The summed E-state index contributed by atoms with van der Waals surface area (Å²) in [6.45, 7) is 0.879. The van der Waals surface area contributed by atoms with Gasteiger partial charge in [-0.05, 0) is 13.3 Å². The maximum atomic E-state index is 11.0. The summed E-state index contributed by atoms with van der Waals surface area (Å²) in [4.78, 5) is 11.0. The van der Waals surface area contributed by atoms with E-state index in [9.17, 15) is 4.79 Å². The molecule has 78 valence electrons. The van der Waals surface area contributed by atoms with Gasteiger partial charge in [0.2, 0.25) is 0 Å². The quantitative estimate of drug-likeness (QED) is 0.407. The molecule has 0 aromatic heterocycles. The second-order valence-electron chi connectivity index (χ2n) is 3.05. The first-order chi connectivity index (χ1) is 5.99. The average molecular weight is 192 g/mol. The molecule has 0 bridgehead atoms. The van der Waals surface area contributed by atoms with E-state index in [1.54, 1.807) is 0 Å². The maximum absolute atomic E-state index is 11.0. The topological polar surface area (TPSA) is 98.0 Å². The lowest BCUT2D eigenvalue weighted by Gasteiger charge is -2.14. The molecule has 5 nitrogen and oxygen atoms in total. The summed E-state index contributed by atoms with van der Waals surface area (Å²) in [5.74, 6) is -0.567. The standard InChI is InChI=1S/C8H16O5/c1-5(10)2-3-6(11)8(13)7(12)4-9/h5,7-10,12-13H,2-4H2,1H3/t5?,7-,8-/m0/s1. The van der Waals surface area contributed by atoms with Crippen LogP contribution in [-0.4, -0.2) is 51.1 Å². The zero-order valence-electron chi connectivity index (χ0n) is 7.55. The van der Waals surface area contributed by atoms with Gasteiger partial charge in [0.15, 0.2) is 5.78 Å². The van der Waals surface area contributed by atoms with Crippen LogP contribution in [0.15, 0.2) is 0 Å². The summed E-state index contributed by atoms with van der Waals surface area (Å²) < 4.78 is 0. The van der Waals surface area contributed by atoms with Crippen molar-refractivity contribution in [1.29, 1.82) is 0 Å². The molecule has 1 unspecified atom stereocenters. The number of Topliss-reactive ketones (excluding diaryl/α,β-unsaturated/α-hetero) is 1. The Morgan fingerprint density at radius 1 is 1.31 bits per heavy atom. The number of hydrogen-bond acceptors (Lipinski definition) is 5. The molecule has 0 fully saturated rings. The first kappa shape index (κ1) is 12.5. The van der Waals surface area contributed by atoms with E-state index in [0.29, 0.717) is 0 Å². The summed E-state index contributed by atoms with van der Waals surface area (Å²) in [6, 6.07) is 0. The predicted octanol–water partition coefficient (Wildman–Crippen LogP) is -1.57. The normalized spacial score (nSPS) is 17.9. The molecule has 0 rings (SSSR count). The first-order valence-corrected chi connectivity index (χ1v) is 4.16. The lowest BCUT2D eigenvalue weighted by atomic mass is 10.0. The summed E-state index contributed by atoms with van der Waals surface area (Å²) in [5, 5.41) is 35.2. The van der Waals surface area contributed by atoms with E-state index >= 15 is 0 Å². The highest BCUT2D eigenvalue weighted by molar-refractivity contribution is 5.83. The van der Waals surface area contributed by atoms with Crippen LogP contribution in [0.3, 0.4) is 0 Å². The van der Waals surface area contributed by atoms with E-state index in [4.69, 9.17) is 20.4 Å². The fourth-order valence-electron chi connectivity index (χ4n) is 0.813. The van der Waals surface area contributed by atoms with Crippen molar-refractivity contribution in [1.82, 2.24) is 0 Å². The van der Waals surface area contributed by atoms with Gasteiger partial charge in [0.1, 0.15) is 12.2 Å². The minimum atomic E-state index is -1.55. The molecule has 0 heterocycles. The van der Waals surface area contributed by atoms with Crippen LogP contribution >= 0.6 is 0 Å². The summed E-state index contributed by atoms with van der Waals surface area (Å²) in [7, 11) is 0. The zero-order chi connectivity index (χ0) is 10.4. The van der Waals surface area contributed by atoms with Gasteiger partial charge in [-0.25, -0.2) is 0 Å². The molecule has 0 aromatic carbocycles. The Labute approximate surface area is 76.6 Å². The van der Waals surface area contributed by atoms with Gasteiger partial charge in [0, 0.05) is 6.42 Å². The molecule has 5 heteroatoms. The molecule has 0 aliphatic rings. The van der Waals surface area contributed by atoms with Crippen LogP contribution in [0.5, 0.6) is 0 Å². The van der Waals surface area contributed by atoms with Gasteiger partial charge >= 0.3 is 0 Å². The molecule has 0 aromatic rings. The molecule has 0 radical (unpaired) electrons. The van der Waals surface area contributed by atoms with Gasteiger partial charge in [0.25, 0.3) is 0 Å². The number of hydrogen-bond donors (Lipinski definition) is 4. The van der Waals surface area contributed by atoms with Gasteiger partial charge in [-0.2, -0.15) is 0 Å². The summed E-state index contributed by atoms with van der Waals surface area (Å²) >= 11 is 0. The number of carbonyl (C=O) groups is 1. The van der Waals surface area contributed by atoms with E-state index < -0.39 is 30.7 Å². The minimum Gasteiger partial charge on any atom is -0.394 e. The average Bonchev–Trinajstić information content (AvgIpc) is 2.11. The highest BCUT2D eigenvalue weighted by Crippen LogP contribution is 2.03. The molecular formula is C8H16O5. The van der Waals surface area contributed by atoms with E-state index in [1.807, 2.05) is 0 Å². The van der Waals surface area contributed by atoms with Crippen LogP contribution in [0.1, 0.15) is 19.8 Å². The van der Waals surface area contributed by atoms with Crippen LogP contribution in [0.2, 0.25) is 0 Å². The van der Waals surface area contributed by atoms with Gasteiger partial charge in [0.05, 0.1) is 12.7 Å². The van der Waals surface area contributed by atoms with Gasteiger partial charge < -0.3 is 20.4 Å². The highest BCUT2D eigenvalue weighted by Gasteiger charge is 2.22. The Balaban J connectivity index is 3.82. The molecule has 0 aliphatic heterocycles. The Bertz CT molecular complexity index is 157. The Morgan fingerprint density at radius 3 is 2.23 bits per heavy atom.